The third kappa shape index (κ3) is 2.64. The van der Waals surface area contributed by atoms with Gasteiger partial charge >= 0.3 is 0 Å². The van der Waals surface area contributed by atoms with Gasteiger partial charge < -0.3 is 10.5 Å². The maximum Gasteiger partial charge on any atom is 0.175 e. The molecule has 0 fully saturated rings. The second-order valence-electron chi connectivity index (χ2n) is 3.13. The lowest BCUT2D eigenvalue weighted by Crippen LogP contribution is -2.24. The Bertz CT molecular complexity index is 399. The van der Waals surface area contributed by atoms with E-state index in [9.17, 15) is 8.78 Å². The highest BCUT2D eigenvalue weighted by molar-refractivity contribution is 5.44. The molecule has 0 aromatic heterocycles. The maximum atomic E-state index is 13.2. The van der Waals surface area contributed by atoms with Crippen molar-refractivity contribution in [3.8, 4) is 11.8 Å². The Kier molecular flexibility index (Phi) is 3.58. The van der Waals surface area contributed by atoms with Gasteiger partial charge in [0.1, 0.15) is 24.1 Å². The standard InChI is InChI=1S/C10H10F2N2O/c1-6(14)5-15-10-7(4-13)8(11)2-3-9(10)12/h2-3,6H,5,14H2,1H3. The number of halogens is 2. The van der Waals surface area contributed by atoms with Gasteiger partial charge in [-0.1, -0.05) is 0 Å². The molecule has 0 saturated heterocycles. The Morgan fingerprint density at radius 3 is 2.60 bits per heavy atom. The first-order chi connectivity index (χ1) is 7.06. The van der Waals surface area contributed by atoms with Crippen LogP contribution in [-0.4, -0.2) is 12.6 Å². The van der Waals surface area contributed by atoms with Crippen molar-refractivity contribution in [1.82, 2.24) is 0 Å². The van der Waals surface area contributed by atoms with Gasteiger partial charge in [-0.15, -0.1) is 0 Å². The first kappa shape index (κ1) is 11.4. The van der Waals surface area contributed by atoms with Crippen molar-refractivity contribution in [1.29, 1.82) is 5.26 Å². The number of hydrogen-bond donors (Lipinski definition) is 1. The Labute approximate surface area is 86.1 Å². The van der Waals surface area contributed by atoms with Crippen LogP contribution in [0, 0.1) is 23.0 Å². The SMILES string of the molecule is CC(N)COc1c(F)ccc(F)c1C#N. The smallest absolute Gasteiger partial charge is 0.175 e. The maximum absolute atomic E-state index is 13.2. The fourth-order valence-corrected chi connectivity index (χ4v) is 0.993. The fraction of sp³-hybridized carbons (Fsp3) is 0.300. The minimum Gasteiger partial charge on any atom is -0.487 e. The van der Waals surface area contributed by atoms with E-state index < -0.39 is 17.2 Å². The van der Waals surface area contributed by atoms with E-state index in [1.54, 1.807) is 13.0 Å². The predicted octanol–water partition coefficient (Wildman–Crippen LogP) is 1.56. The topological polar surface area (TPSA) is 59.0 Å². The molecule has 1 aromatic rings. The molecule has 0 bridgehead atoms. The molecule has 1 atom stereocenters. The van der Waals surface area contributed by atoms with Gasteiger partial charge in [0.2, 0.25) is 0 Å². The van der Waals surface area contributed by atoms with Crippen LogP contribution in [-0.2, 0) is 0 Å². The molecular weight excluding hydrogens is 202 g/mol. The molecule has 80 valence electrons. The van der Waals surface area contributed by atoms with Gasteiger partial charge in [-0.05, 0) is 19.1 Å². The predicted molar refractivity (Wildman–Crippen MR) is 50.2 cm³/mol. The summed E-state index contributed by atoms with van der Waals surface area (Å²) in [4.78, 5) is 0. The number of hydrogen-bond acceptors (Lipinski definition) is 3. The van der Waals surface area contributed by atoms with Crippen molar-refractivity contribution in [2.24, 2.45) is 5.73 Å². The minimum absolute atomic E-state index is 0.0229. The van der Waals surface area contributed by atoms with Gasteiger partial charge in [-0.3, -0.25) is 0 Å². The third-order valence-electron chi connectivity index (χ3n) is 1.66. The summed E-state index contributed by atoms with van der Waals surface area (Å²) in [5, 5.41) is 8.62. The van der Waals surface area contributed by atoms with E-state index in [4.69, 9.17) is 15.7 Å². The molecule has 0 aliphatic carbocycles. The lowest BCUT2D eigenvalue weighted by Gasteiger charge is -2.10. The summed E-state index contributed by atoms with van der Waals surface area (Å²) >= 11 is 0. The van der Waals surface area contributed by atoms with E-state index in [2.05, 4.69) is 0 Å². The summed E-state index contributed by atoms with van der Waals surface area (Å²) in [6.07, 6.45) is 0. The van der Waals surface area contributed by atoms with Crippen molar-refractivity contribution in [2.45, 2.75) is 13.0 Å². The second kappa shape index (κ2) is 4.71. The molecule has 0 heterocycles. The van der Waals surface area contributed by atoms with E-state index in [0.29, 0.717) is 0 Å². The normalized spacial score (nSPS) is 11.9. The average molecular weight is 212 g/mol. The quantitative estimate of drug-likeness (QED) is 0.827. The highest BCUT2D eigenvalue weighted by atomic mass is 19.1. The first-order valence-electron chi connectivity index (χ1n) is 4.32. The highest BCUT2D eigenvalue weighted by Crippen LogP contribution is 2.24. The van der Waals surface area contributed by atoms with Gasteiger partial charge in [0.15, 0.2) is 11.6 Å². The van der Waals surface area contributed by atoms with E-state index in [1.807, 2.05) is 0 Å². The molecule has 5 heteroatoms. The summed E-state index contributed by atoms with van der Waals surface area (Å²) in [5.41, 5.74) is 4.96. The number of benzene rings is 1. The fourth-order valence-electron chi connectivity index (χ4n) is 0.993. The number of nitriles is 1. The Balaban J connectivity index is 3.04. The number of rotatable bonds is 3. The highest BCUT2D eigenvalue weighted by Gasteiger charge is 2.15. The Hall–Kier alpha value is -1.67. The van der Waals surface area contributed by atoms with Gasteiger partial charge in [-0.25, -0.2) is 8.78 Å². The molecule has 0 saturated carbocycles. The molecule has 0 aliphatic rings. The van der Waals surface area contributed by atoms with Crippen LogP contribution in [0.2, 0.25) is 0 Å². The number of ether oxygens (including phenoxy) is 1. The molecule has 1 aromatic carbocycles. The summed E-state index contributed by atoms with van der Waals surface area (Å²) in [6.45, 7) is 1.68. The monoisotopic (exact) mass is 212 g/mol. The van der Waals surface area contributed by atoms with E-state index in [0.717, 1.165) is 12.1 Å². The van der Waals surface area contributed by atoms with Crippen LogP contribution in [0.25, 0.3) is 0 Å². The summed E-state index contributed by atoms with van der Waals surface area (Å²) in [6, 6.07) is 3.02. The zero-order chi connectivity index (χ0) is 11.4. The largest absolute Gasteiger partial charge is 0.487 e. The van der Waals surface area contributed by atoms with Crippen LogP contribution in [0.5, 0.6) is 5.75 Å². The lowest BCUT2D eigenvalue weighted by molar-refractivity contribution is 0.280. The van der Waals surface area contributed by atoms with E-state index in [-0.39, 0.29) is 18.4 Å². The van der Waals surface area contributed by atoms with E-state index >= 15 is 0 Å². The molecular formula is C10H10F2N2O. The van der Waals surface area contributed by atoms with Gasteiger partial charge in [-0.2, -0.15) is 5.26 Å². The van der Waals surface area contributed by atoms with E-state index in [1.165, 1.54) is 0 Å². The first-order valence-corrected chi connectivity index (χ1v) is 4.32. The zero-order valence-electron chi connectivity index (χ0n) is 8.13. The van der Waals surface area contributed by atoms with Crippen LogP contribution in [0.15, 0.2) is 12.1 Å². The molecule has 0 aliphatic heterocycles. The molecule has 0 radical (unpaired) electrons. The van der Waals surface area contributed by atoms with Crippen LogP contribution in [0.1, 0.15) is 12.5 Å². The van der Waals surface area contributed by atoms with Crippen LogP contribution < -0.4 is 10.5 Å². The van der Waals surface area contributed by atoms with Crippen LogP contribution >= 0.6 is 0 Å². The van der Waals surface area contributed by atoms with Crippen molar-refractivity contribution in [3.05, 3.63) is 29.3 Å². The van der Waals surface area contributed by atoms with Crippen molar-refractivity contribution in [3.63, 3.8) is 0 Å². The molecule has 1 rings (SSSR count). The third-order valence-corrected chi connectivity index (χ3v) is 1.66. The van der Waals surface area contributed by atoms with Crippen molar-refractivity contribution in [2.75, 3.05) is 6.61 Å². The number of nitrogens with zero attached hydrogens (tertiary/aromatic N) is 1. The minimum atomic E-state index is -0.807. The van der Waals surface area contributed by atoms with Crippen LogP contribution in [0.3, 0.4) is 0 Å². The van der Waals surface area contributed by atoms with Crippen LogP contribution in [0.4, 0.5) is 8.78 Å². The number of nitrogens with two attached hydrogens (primary N) is 1. The summed E-state index contributed by atoms with van der Waals surface area (Å²) in [7, 11) is 0. The molecule has 3 nitrogen and oxygen atoms in total. The zero-order valence-corrected chi connectivity index (χ0v) is 8.13. The molecule has 2 N–H and O–H groups in total. The lowest BCUT2D eigenvalue weighted by atomic mass is 10.2. The van der Waals surface area contributed by atoms with Gasteiger partial charge in [0, 0.05) is 6.04 Å². The Morgan fingerprint density at radius 2 is 2.07 bits per heavy atom. The summed E-state index contributed by atoms with van der Waals surface area (Å²) in [5.74, 6) is -1.96. The Morgan fingerprint density at radius 1 is 1.47 bits per heavy atom. The van der Waals surface area contributed by atoms with Gasteiger partial charge in [0.25, 0.3) is 0 Å². The molecule has 1 unspecified atom stereocenters. The van der Waals surface area contributed by atoms with Crippen molar-refractivity contribution < 1.29 is 13.5 Å². The summed E-state index contributed by atoms with van der Waals surface area (Å²) < 4.78 is 31.2. The van der Waals surface area contributed by atoms with Gasteiger partial charge in [0.05, 0.1) is 0 Å². The molecule has 15 heavy (non-hydrogen) atoms. The second-order valence-corrected chi connectivity index (χ2v) is 3.13. The molecule has 0 spiro atoms. The van der Waals surface area contributed by atoms with Crippen molar-refractivity contribution >= 4 is 0 Å². The average Bonchev–Trinajstić information content (AvgIpc) is 2.19. The molecule has 0 amide bonds.